The number of nitrogens with zero attached hydrogens (tertiary/aromatic N) is 1. The van der Waals surface area contributed by atoms with Crippen LogP contribution in [-0.2, 0) is 0 Å². The molecule has 1 aromatic carbocycles. The van der Waals surface area contributed by atoms with Gasteiger partial charge in [0.2, 0.25) is 0 Å². The largest absolute Gasteiger partial charge is 0.396 e. The smallest absolute Gasteiger partial charge is 0.0574 e. The van der Waals surface area contributed by atoms with Crippen LogP contribution in [0.15, 0.2) is 24.3 Å². The number of benzene rings is 1. The van der Waals surface area contributed by atoms with E-state index in [9.17, 15) is 10.2 Å². The predicted octanol–water partition coefficient (Wildman–Crippen LogP) is 2.71. The molecule has 3 N–H and O–H groups in total. The first kappa shape index (κ1) is 18.2. The second-order valence-corrected chi connectivity index (χ2v) is 7.06. The van der Waals surface area contributed by atoms with Crippen LogP contribution in [0.5, 0.6) is 0 Å². The topological polar surface area (TPSA) is 55.7 Å². The molecule has 1 aliphatic heterocycles. The molecule has 2 atom stereocenters. The Labute approximate surface area is 140 Å². The molecule has 1 heterocycles. The van der Waals surface area contributed by atoms with Crippen molar-refractivity contribution in [3.63, 3.8) is 0 Å². The molecule has 0 spiro atoms. The average Bonchev–Trinajstić information content (AvgIpc) is 2.55. The summed E-state index contributed by atoms with van der Waals surface area (Å²) in [6.45, 7) is 8.64. The second-order valence-electron chi connectivity index (χ2n) is 7.06. The Bertz CT molecular complexity index is 453. The highest BCUT2D eigenvalue weighted by Gasteiger charge is 2.19. The van der Waals surface area contributed by atoms with Crippen molar-refractivity contribution < 1.29 is 10.2 Å². The molecule has 4 heteroatoms. The van der Waals surface area contributed by atoms with E-state index in [1.807, 2.05) is 0 Å². The second kappa shape index (κ2) is 8.67. The number of aliphatic hydroxyl groups excluding tert-OH is 2. The standard InChI is InChI=1S/C19H32N2O2/c1-14(2)19(10-13-22)20-15(3)16-4-6-17(7-5-16)21-11-8-18(23)9-12-21/h4-7,14-15,18-20,22-23H,8-13H2,1-3H3. The molecule has 0 aliphatic carbocycles. The van der Waals surface area contributed by atoms with Crippen LogP contribution in [0.1, 0.15) is 51.6 Å². The van der Waals surface area contributed by atoms with Gasteiger partial charge in [-0.2, -0.15) is 0 Å². The lowest BCUT2D eigenvalue weighted by atomic mass is 9.98. The van der Waals surface area contributed by atoms with Gasteiger partial charge in [-0.25, -0.2) is 0 Å². The van der Waals surface area contributed by atoms with Crippen LogP contribution in [0, 0.1) is 5.92 Å². The van der Waals surface area contributed by atoms with Crippen molar-refractivity contribution in [3.8, 4) is 0 Å². The van der Waals surface area contributed by atoms with Crippen molar-refractivity contribution in [3.05, 3.63) is 29.8 Å². The summed E-state index contributed by atoms with van der Waals surface area (Å²) < 4.78 is 0. The van der Waals surface area contributed by atoms with Crippen LogP contribution < -0.4 is 10.2 Å². The molecular weight excluding hydrogens is 288 g/mol. The van der Waals surface area contributed by atoms with E-state index in [4.69, 9.17) is 0 Å². The van der Waals surface area contributed by atoms with Gasteiger partial charge in [0.05, 0.1) is 6.10 Å². The van der Waals surface area contributed by atoms with Crippen LogP contribution in [0.25, 0.3) is 0 Å². The number of hydrogen-bond acceptors (Lipinski definition) is 4. The fourth-order valence-corrected chi connectivity index (χ4v) is 3.26. The molecule has 1 saturated heterocycles. The third kappa shape index (κ3) is 5.20. The molecule has 0 radical (unpaired) electrons. The molecule has 1 aliphatic rings. The van der Waals surface area contributed by atoms with E-state index in [0.717, 1.165) is 32.4 Å². The Kier molecular flexibility index (Phi) is 6.88. The zero-order valence-electron chi connectivity index (χ0n) is 14.7. The van der Waals surface area contributed by atoms with Crippen LogP contribution >= 0.6 is 0 Å². The molecule has 130 valence electrons. The van der Waals surface area contributed by atoms with Crippen molar-refractivity contribution in [2.75, 3.05) is 24.6 Å². The highest BCUT2D eigenvalue weighted by molar-refractivity contribution is 5.48. The highest BCUT2D eigenvalue weighted by atomic mass is 16.3. The Morgan fingerprint density at radius 3 is 2.26 bits per heavy atom. The van der Waals surface area contributed by atoms with E-state index < -0.39 is 0 Å². The van der Waals surface area contributed by atoms with Crippen LogP contribution in [-0.4, -0.2) is 42.1 Å². The summed E-state index contributed by atoms with van der Waals surface area (Å²) in [5, 5.41) is 22.4. The van der Waals surface area contributed by atoms with Gasteiger partial charge in [-0.05, 0) is 49.8 Å². The van der Waals surface area contributed by atoms with E-state index in [1.165, 1.54) is 11.3 Å². The summed E-state index contributed by atoms with van der Waals surface area (Å²) in [7, 11) is 0. The van der Waals surface area contributed by atoms with E-state index in [1.54, 1.807) is 0 Å². The zero-order valence-corrected chi connectivity index (χ0v) is 14.7. The molecule has 0 saturated carbocycles. The summed E-state index contributed by atoms with van der Waals surface area (Å²) in [6.07, 6.45) is 2.37. The third-order valence-corrected chi connectivity index (χ3v) is 4.93. The molecule has 1 fully saturated rings. The first-order valence-electron chi connectivity index (χ1n) is 8.91. The molecule has 4 nitrogen and oxygen atoms in total. The summed E-state index contributed by atoms with van der Waals surface area (Å²) in [5.41, 5.74) is 2.51. The fraction of sp³-hybridized carbons (Fsp3) is 0.684. The number of nitrogens with one attached hydrogen (secondary N) is 1. The molecular formula is C19H32N2O2. The molecule has 2 rings (SSSR count). The van der Waals surface area contributed by atoms with Crippen molar-refractivity contribution in [1.29, 1.82) is 0 Å². The van der Waals surface area contributed by atoms with Crippen LogP contribution in [0.2, 0.25) is 0 Å². The van der Waals surface area contributed by atoms with Gasteiger partial charge in [0.1, 0.15) is 0 Å². The van der Waals surface area contributed by atoms with E-state index in [2.05, 4.69) is 55.3 Å². The van der Waals surface area contributed by atoms with E-state index >= 15 is 0 Å². The quantitative estimate of drug-likeness (QED) is 0.723. The highest BCUT2D eigenvalue weighted by Crippen LogP contribution is 2.23. The van der Waals surface area contributed by atoms with Gasteiger partial charge in [-0.15, -0.1) is 0 Å². The Morgan fingerprint density at radius 2 is 1.74 bits per heavy atom. The van der Waals surface area contributed by atoms with Gasteiger partial charge >= 0.3 is 0 Å². The minimum Gasteiger partial charge on any atom is -0.396 e. The normalized spacial score (nSPS) is 19.1. The zero-order chi connectivity index (χ0) is 16.8. The Morgan fingerprint density at radius 1 is 1.13 bits per heavy atom. The maximum absolute atomic E-state index is 9.61. The maximum atomic E-state index is 9.61. The molecule has 0 amide bonds. The third-order valence-electron chi connectivity index (χ3n) is 4.93. The first-order chi connectivity index (χ1) is 11.0. The summed E-state index contributed by atoms with van der Waals surface area (Å²) in [4.78, 5) is 2.34. The minimum absolute atomic E-state index is 0.130. The maximum Gasteiger partial charge on any atom is 0.0574 e. The van der Waals surface area contributed by atoms with Crippen LogP contribution in [0.4, 0.5) is 5.69 Å². The van der Waals surface area contributed by atoms with E-state index in [-0.39, 0.29) is 18.8 Å². The number of rotatable bonds is 7. The predicted molar refractivity (Wildman–Crippen MR) is 95.8 cm³/mol. The van der Waals surface area contributed by atoms with Crippen molar-refractivity contribution in [1.82, 2.24) is 5.32 Å². The Balaban J connectivity index is 1.95. The fourth-order valence-electron chi connectivity index (χ4n) is 3.26. The van der Waals surface area contributed by atoms with Gasteiger partial charge < -0.3 is 20.4 Å². The molecule has 1 aromatic rings. The summed E-state index contributed by atoms with van der Waals surface area (Å²) >= 11 is 0. The SMILES string of the molecule is CC(NC(CCO)C(C)C)c1ccc(N2CCC(O)CC2)cc1. The lowest BCUT2D eigenvalue weighted by molar-refractivity contribution is 0.145. The van der Waals surface area contributed by atoms with Crippen LogP contribution in [0.3, 0.4) is 0 Å². The van der Waals surface area contributed by atoms with Crippen molar-refractivity contribution in [2.45, 2.75) is 58.2 Å². The number of aliphatic hydroxyl groups is 2. The Hall–Kier alpha value is -1.10. The van der Waals surface area contributed by atoms with Crippen molar-refractivity contribution in [2.24, 2.45) is 5.92 Å². The number of hydrogen-bond donors (Lipinski definition) is 3. The number of piperidine rings is 1. The lowest BCUT2D eigenvalue weighted by Gasteiger charge is -2.32. The molecule has 0 aromatic heterocycles. The van der Waals surface area contributed by atoms with E-state index in [0.29, 0.717) is 12.0 Å². The molecule has 2 unspecified atom stereocenters. The molecule has 0 bridgehead atoms. The monoisotopic (exact) mass is 320 g/mol. The minimum atomic E-state index is -0.130. The number of anilines is 1. The summed E-state index contributed by atoms with van der Waals surface area (Å²) in [5.74, 6) is 0.503. The van der Waals surface area contributed by atoms with Gasteiger partial charge in [-0.3, -0.25) is 0 Å². The lowest BCUT2D eigenvalue weighted by Crippen LogP contribution is -2.37. The summed E-state index contributed by atoms with van der Waals surface area (Å²) in [6, 6.07) is 9.34. The van der Waals surface area contributed by atoms with Gasteiger partial charge in [-0.1, -0.05) is 26.0 Å². The average molecular weight is 320 g/mol. The molecule has 23 heavy (non-hydrogen) atoms. The van der Waals surface area contributed by atoms with Crippen molar-refractivity contribution >= 4 is 5.69 Å². The van der Waals surface area contributed by atoms with Gasteiger partial charge in [0.25, 0.3) is 0 Å². The van der Waals surface area contributed by atoms with Gasteiger partial charge in [0, 0.05) is 37.5 Å². The van der Waals surface area contributed by atoms with Gasteiger partial charge in [0.15, 0.2) is 0 Å². The first-order valence-corrected chi connectivity index (χ1v) is 8.91.